The van der Waals surface area contributed by atoms with Crippen molar-refractivity contribution in [1.82, 2.24) is 10.3 Å². The molecular formula is C11H14N2. The van der Waals surface area contributed by atoms with Gasteiger partial charge in [-0.05, 0) is 44.1 Å². The molecule has 1 aliphatic heterocycles. The zero-order valence-corrected chi connectivity index (χ0v) is 7.66. The van der Waals surface area contributed by atoms with E-state index in [9.17, 15) is 0 Å². The molecule has 0 bridgehead atoms. The number of hydrogen-bond acceptors (Lipinski definition) is 2. The van der Waals surface area contributed by atoms with Crippen LogP contribution in [0.25, 0.3) is 6.08 Å². The molecule has 2 rings (SSSR count). The van der Waals surface area contributed by atoms with Crippen LogP contribution in [-0.4, -0.2) is 18.1 Å². The quantitative estimate of drug-likeness (QED) is 0.702. The fourth-order valence-corrected chi connectivity index (χ4v) is 1.56. The van der Waals surface area contributed by atoms with Crippen LogP contribution in [0.3, 0.4) is 0 Å². The molecular weight excluding hydrogens is 160 g/mol. The van der Waals surface area contributed by atoms with Crippen molar-refractivity contribution in [2.45, 2.75) is 12.8 Å². The Morgan fingerprint density at radius 3 is 2.77 bits per heavy atom. The van der Waals surface area contributed by atoms with Crippen LogP contribution in [-0.2, 0) is 0 Å². The lowest BCUT2D eigenvalue weighted by molar-refractivity contribution is 0.613. The van der Waals surface area contributed by atoms with Gasteiger partial charge in [0.15, 0.2) is 0 Å². The van der Waals surface area contributed by atoms with Crippen LogP contribution in [0.1, 0.15) is 18.5 Å². The summed E-state index contributed by atoms with van der Waals surface area (Å²) in [6.45, 7) is 2.22. The second kappa shape index (κ2) is 4.19. The Labute approximate surface area is 78.7 Å². The van der Waals surface area contributed by atoms with Gasteiger partial charge in [0.25, 0.3) is 0 Å². The van der Waals surface area contributed by atoms with E-state index in [1.165, 1.54) is 5.57 Å². The van der Waals surface area contributed by atoms with E-state index in [-0.39, 0.29) is 0 Å². The van der Waals surface area contributed by atoms with Gasteiger partial charge in [0, 0.05) is 6.20 Å². The van der Waals surface area contributed by atoms with Gasteiger partial charge in [-0.1, -0.05) is 11.6 Å². The van der Waals surface area contributed by atoms with Gasteiger partial charge in [-0.15, -0.1) is 0 Å². The lowest BCUT2D eigenvalue weighted by Crippen LogP contribution is -2.22. The number of piperidine rings is 1. The highest BCUT2D eigenvalue weighted by molar-refractivity contribution is 5.48. The Morgan fingerprint density at radius 1 is 1.23 bits per heavy atom. The Morgan fingerprint density at radius 2 is 2.08 bits per heavy atom. The number of nitrogens with one attached hydrogen (secondary N) is 1. The van der Waals surface area contributed by atoms with E-state index in [1.807, 2.05) is 18.3 Å². The molecule has 2 nitrogen and oxygen atoms in total. The molecule has 1 N–H and O–H groups in total. The smallest absolute Gasteiger partial charge is 0.0629 e. The van der Waals surface area contributed by atoms with Crippen molar-refractivity contribution in [3.05, 3.63) is 35.7 Å². The molecule has 0 aromatic carbocycles. The molecule has 1 aliphatic rings. The second-order valence-electron chi connectivity index (χ2n) is 3.31. The van der Waals surface area contributed by atoms with E-state index in [2.05, 4.69) is 22.4 Å². The molecule has 1 aromatic rings. The van der Waals surface area contributed by atoms with Gasteiger partial charge in [-0.25, -0.2) is 0 Å². The summed E-state index contributed by atoms with van der Waals surface area (Å²) in [5.74, 6) is 0. The van der Waals surface area contributed by atoms with Crippen LogP contribution in [0, 0.1) is 0 Å². The summed E-state index contributed by atoms with van der Waals surface area (Å²) in [5.41, 5.74) is 2.59. The number of hydrogen-bond donors (Lipinski definition) is 1. The molecule has 1 saturated heterocycles. The van der Waals surface area contributed by atoms with E-state index >= 15 is 0 Å². The normalized spacial score (nSPS) is 17.1. The predicted octanol–water partition coefficient (Wildman–Crippen LogP) is 1.85. The standard InChI is InChI=1S/C11H14N2/c1-2-6-13-11(3-1)9-10-4-7-12-8-5-10/h1-3,6,9,12H,4-5,7-8H2. The highest BCUT2D eigenvalue weighted by Gasteiger charge is 2.03. The molecule has 0 saturated carbocycles. The summed E-state index contributed by atoms with van der Waals surface area (Å²) in [6, 6.07) is 6.03. The van der Waals surface area contributed by atoms with Crippen molar-refractivity contribution in [3.63, 3.8) is 0 Å². The van der Waals surface area contributed by atoms with Gasteiger partial charge in [-0.2, -0.15) is 0 Å². The molecule has 0 spiro atoms. The minimum atomic E-state index is 1.08. The van der Waals surface area contributed by atoms with Crippen molar-refractivity contribution in [1.29, 1.82) is 0 Å². The third-order valence-corrected chi connectivity index (χ3v) is 2.29. The fourth-order valence-electron chi connectivity index (χ4n) is 1.56. The molecule has 68 valence electrons. The van der Waals surface area contributed by atoms with Crippen LogP contribution < -0.4 is 5.32 Å². The second-order valence-corrected chi connectivity index (χ2v) is 3.31. The fraction of sp³-hybridized carbons (Fsp3) is 0.364. The zero-order chi connectivity index (χ0) is 8.93. The van der Waals surface area contributed by atoms with Crippen LogP contribution in [0.5, 0.6) is 0 Å². The highest BCUT2D eigenvalue weighted by Crippen LogP contribution is 2.13. The molecule has 0 atom stereocenters. The average Bonchev–Trinajstić information content (AvgIpc) is 2.21. The first kappa shape index (κ1) is 8.45. The van der Waals surface area contributed by atoms with Gasteiger partial charge in [-0.3, -0.25) is 4.98 Å². The minimum absolute atomic E-state index is 1.08. The predicted molar refractivity (Wildman–Crippen MR) is 54.3 cm³/mol. The first-order valence-electron chi connectivity index (χ1n) is 4.76. The van der Waals surface area contributed by atoms with Gasteiger partial charge in [0.2, 0.25) is 0 Å². The SMILES string of the molecule is C(=C1CCNCC1)c1ccccn1. The highest BCUT2D eigenvalue weighted by atomic mass is 14.9. The molecule has 1 aromatic heterocycles. The minimum Gasteiger partial charge on any atom is -0.316 e. The Hall–Kier alpha value is -1.15. The molecule has 2 heterocycles. The van der Waals surface area contributed by atoms with Crippen LogP contribution in [0.4, 0.5) is 0 Å². The summed E-state index contributed by atoms with van der Waals surface area (Å²) >= 11 is 0. The largest absolute Gasteiger partial charge is 0.316 e. The van der Waals surface area contributed by atoms with Gasteiger partial charge < -0.3 is 5.32 Å². The van der Waals surface area contributed by atoms with E-state index < -0.39 is 0 Å². The maximum atomic E-state index is 4.28. The van der Waals surface area contributed by atoms with Crippen molar-refractivity contribution in [2.75, 3.05) is 13.1 Å². The van der Waals surface area contributed by atoms with Crippen LogP contribution in [0.15, 0.2) is 30.0 Å². The van der Waals surface area contributed by atoms with E-state index in [1.54, 1.807) is 0 Å². The zero-order valence-electron chi connectivity index (χ0n) is 7.66. The molecule has 13 heavy (non-hydrogen) atoms. The molecule has 1 fully saturated rings. The van der Waals surface area contributed by atoms with Crippen LogP contribution in [0.2, 0.25) is 0 Å². The lowest BCUT2D eigenvalue weighted by Gasteiger charge is -2.14. The summed E-state index contributed by atoms with van der Waals surface area (Å²) in [6.07, 6.45) is 6.38. The van der Waals surface area contributed by atoms with Crippen molar-refractivity contribution in [2.24, 2.45) is 0 Å². The van der Waals surface area contributed by atoms with E-state index in [0.29, 0.717) is 0 Å². The van der Waals surface area contributed by atoms with Gasteiger partial charge >= 0.3 is 0 Å². The van der Waals surface area contributed by atoms with Gasteiger partial charge in [0.1, 0.15) is 0 Å². The van der Waals surface area contributed by atoms with E-state index in [0.717, 1.165) is 31.6 Å². The number of pyridine rings is 1. The summed E-state index contributed by atoms with van der Waals surface area (Å²) in [7, 11) is 0. The van der Waals surface area contributed by atoms with Crippen molar-refractivity contribution in [3.8, 4) is 0 Å². The number of nitrogens with zero attached hydrogens (tertiary/aromatic N) is 1. The van der Waals surface area contributed by atoms with E-state index in [4.69, 9.17) is 0 Å². The lowest BCUT2D eigenvalue weighted by atomic mass is 10.0. The topological polar surface area (TPSA) is 24.9 Å². The van der Waals surface area contributed by atoms with Gasteiger partial charge in [0.05, 0.1) is 5.69 Å². The molecule has 0 radical (unpaired) electrons. The monoisotopic (exact) mass is 174 g/mol. The number of aromatic nitrogens is 1. The maximum Gasteiger partial charge on any atom is 0.0629 e. The Kier molecular flexibility index (Phi) is 2.72. The number of rotatable bonds is 1. The first-order valence-corrected chi connectivity index (χ1v) is 4.76. The molecule has 0 unspecified atom stereocenters. The molecule has 2 heteroatoms. The Bertz CT molecular complexity index is 282. The van der Waals surface area contributed by atoms with Crippen molar-refractivity contribution < 1.29 is 0 Å². The van der Waals surface area contributed by atoms with Crippen molar-refractivity contribution >= 4 is 6.08 Å². The first-order chi connectivity index (χ1) is 6.45. The third-order valence-electron chi connectivity index (χ3n) is 2.29. The average molecular weight is 174 g/mol. The summed E-state index contributed by atoms with van der Waals surface area (Å²) in [4.78, 5) is 4.28. The summed E-state index contributed by atoms with van der Waals surface area (Å²) < 4.78 is 0. The Balaban J connectivity index is 2.10. The van der Waals surface area contributed by atoms with Crippen LogP contribution >= 0.6 is 0 Å². The third kappa shape index (κ3) is 2.39. The summed E-state index contributed by atoms with van der Waals surface area (Å²) in [5, 5.41) is 3.34. The molecule has 0 amide bonds. The molecule has 0 aliphatic carbocycles. The maximum absolute atomic E-state index is 4.28.